The minimum absolute atomic E-state index is 0.0270. The molecule has 0 aromatic carbocycles. The van der Waals surface area contributed by atoms with E-state index in [1.807, 2.05) is 14.1 Å². The van der Waals surface area contributed by atoms with E-state index in [-0.39, 0.29) is 11.6 Å². The van der Waals surface area contributed by atoms with Crippen LogP contribution < -0.4 is 0 Å². The predicted molar refractivity (Wildman–Crippen MR) is 206 cm³/mol. The first-order valence-electron chi connectivity index (χ1n) is 20.2. The fourth-order valence-corrected chi connectivity index (χ4v) is 6.10. The van der Waals surface area contributed by atoms with Crippen LogP contribution >= 0.6 is 0 Å². The fourth-order valence-electron chi connectivity index (χ4n) is 6.10. The molecule has 0 aliphatic rings. The SMILES string of the molecule is CCCCC/C=C\C/C=C\CCCCCCCCC(C)(CCCCCCCC/C=C\CCCCCCCC)OC(=O)CCN(C)C. The van der Waals surface area contributed by atoms with E-state index in [2.05, 4.69) is 62.1 Å². The Balaban J connectivity index is 4.08. The number of hydrogen-bond donors (Lipinski definition) is 0. The Bertz CT molecular complexity index is 724. The molecule has 0 aliphatic carbocycles. The zero-order valence-electron chi connectivity index (χ0n) is 31.9. The fraction of sp³-hybridized carbons (Fsp3) is 0.837. The molecule has 0 N–H and O–H groups in total. The van der Waals surface area contributed by atoms with Gasteiger partial charge in [-0.15, -0.1) is 0 Å². The van der Waals surface area contributed by atoms with Gasteiger partial charge >= 0.3 is 5.97 Å². The third kappa shape index (κ3) is 34.0. The smallest absolute Gasteiger partial charge is 0.307 e. The Morgan fingerprint density at radius 2 is 0.870 bits per heavy atom. The number of nitrogens with zero attached hydrogens (tertiary/aromatic N) is 1. The minimum atomic E-state index is -0.306. The lowest BCUT2D eigenvalue weighted by molar-refractivity contribution is -0.160. The number of ether oxygens (including phenoxy) is 1. The summed E-state index contributed by atoms with van der Waals surface area (Å²) >= 11 is 0. The third-order valence-corrected chi connectivity index (χ3v) is 9.25. The summed E-state index contributed by atoms with van der Waals surface area (Å²) in [6.45, 7) is 7.50. The molecule has 0 rings (SSSR count). The van der Waals surface area contributed by atoms with Crippen LogP contribution in [-0.2, 0) is 9.53 Å². The molecule has 0 amide bonds. The molecule has 0 fully saturated rings. The number of esters is 1. The van der Waals surface area contributed by atoms with Crippen LogP contribution in [0.1, 0.15) is 207 Å². The molecule has 46 heavy (non-hydrogen) atoms. The van der Waals surface area contributed by atoms with Crippen LogP contribution in [0.5, 0.6) is 0 Å². The number of unbranched alkanes of at least 4 members (excludes halogenated alkanes) is 21. The van der Waals surface area contributed by atoms with Gasteiger partial charge in [-0.2, -0.15) is 0 Å². The van der Waals surface area contributed by atoms with E-state index in [1.54, 1.807) is 0 Å². The maximum Gasteiger partial charge on any atom is 0.307 e. The first-order chi connectivity index (χ1) is 22.4. The van der Waals surface area contributed by atoms with Crippen LogP contribution in [0, 0.1) is 0 Å². The summed E-state index contributed by atoms with van der Waals surface area (Å²) in [5.41, 5.74) is -0.306. The molecule has 0 aromatic heterocycles. The highest BCUT2D eigenvalue weighted by Crippen LogP contribution is 2.28. The summed E-state index contributed by atoms with van der Waals surface area (Å²) in [6, 6.07) is 0. The number of hydrogen-bond acceptors (Lipinski definition) is 3. The van der Waals surface area contributed by atoms with Crippen LogP contribution in [0.25, 0.3) is 0 Å². The van der Waals surface area contributed by atoms with E-state index < -0.39 is 0 Å². The molecule has 0 aromatic rings. The van der Waals surface area contributed by atoms with Gasteiger partial charge in [-0.3, -0.25) is 4.79 Å². The number of carbonyl (C=O) groups excluding carboxylic acids is 1. The Labute approximate surface area is 289 Å². The molecule has 0 saturated carbocycles. The van der Waals surface area contributed by atoms with Crippen molar-refractivity contribution < 1.29 is 9.53 Å². The van der Waals surface area contributed by atoms with E-state index in [1.165, 1.54) is 148 Å². The highest BCUT2D eigenvalue weighted by Gasteiger charge is 2.27. The quantitative estimate of drug-likeness (QED) is 0.0391. The molecule has 270 valence electrons. The lowest BCUT2D eigenvalue weighted by Gasteiger charge is -2.30. The highest BCUT2D eigenvalue weighted by atomic mass is 16.6. The van der Waals surface area contributed by atoms with E-state index in [9.17, 15) is 4.79 Å². The second kappa shape index (κ2) is 35.0. The molecular weight excluding hydrogens is 562 g/mol. The minimum Gasteiger partial charge on any atom is -0.459 e. The lowest BCUT2D eigenvalue weighted by Crippen LogP contribution is -2.33. The monoisotopic (exact) mass is 644 g/mol. The van der Waals surface area contributed by atoms with Gasteiger partial charge in [0.05, 0.1) is 6.42 Å². The Morgan fingerprint density at radius 3 is 1.30 bits per heavy atom. The van der Waals surface area contributed by atoms with Crippen LogP contribution in [0.2, 0.25) is 0 Å². The summed E-state index contributed by atoms with van der Waals surface area (Å²) in [5.74, 6) is -0.0270. The van der Waals surface area contributed by atoms with Gasteiger partial charge in [0, 0.05) is 6.54 Å². The average Bonchev–Trinajstić information content (AvgIpc) is 3.03. The molecule has 0 bridgehead atoms. The molecule has 0 saturated heterocycles. The Morgan fingerprint density at radius 1 is 0.522 bits per heavy atom. The molecule has 3 heteroatoms. The normalized spacial score (nSPS) is 13.5. The molecule has 0 radical (unpaired) electrons. The summed E-state index contributed by atoms with van der Waals surface area (Å²) in [5, 5.41) is 0. The van der Waals surface area contributed by atoms with Crippen molar-refractivity contribution in [1.29, 1.82) is 0 Å². The van der Waals surface area contributed by atoms with Crippen molar-refractivity contribution in [3.8, 4) is 0 Å². The van der Waals surface area contributed by atoms with Gasteiger partial charge < -0.3 is 9.64 Å². The Hall–Kier alpha value is -1.35. The lowest BCUT2D eigenvalue weighted by atomic mass is 9.91. The molecule has 1 atom stereocenters. The molecule has 0 spiro atoms. The van der Waals surface area contributed by atoms with Gasteiger partial charge in [-0.05, 0) is 104 Å². The van der Waals surface area contributed by atoms with Crippen molar-refractivity contribution in [2.45, 2.75) is 213 Å². The van der Waals surface area contributed by atoms with Crippen molar-refractivity contribution in [2.24, 2.45) is 0 Å². The van der Waals surface area contributed by atoms with E-state index in [0.717, 1.165) is 38.6 Å². The van der Waals surface area contributed by atoms with Gasteiger partial charge in [0.2, 0.25) is 0 Å². The van der Waals surface area contributed by atoms with Gasteiger partial charge in [-0.1, -0.05) is 147 Å². The van der Waals surface area contributed by atoms with Gasteiger partial charge in [-0.25, -0.2) is 0 Å². The second-order valence-corrected chi connectivity index (χ2v) is 14.5. The number of carbonyl (C=O) groups is 1. The van der Waals surface area contributed by atoms with Crippen molar-refractivity contribution in [1.82, 2.24) is 4.90 Å². The first kappa shape index (κ1) is 44.6. The zero-order valence-corrected chi connectivity index (χ0v) is 31.9. The second-order valence-electron chi connectivity index (χ2n) is 14.5. The van der Waals surface area contributed by atoms with Crippen LogP contribution in [0.3, 0.4) is 0 Å². The molecule has 0 aliphatic heterocycles. The Kier molecular flexibility index (Phi) is 33.9. The van der Waals surface area contributed by atoms with Crippen LogP contribution in [0.15, 0.2) is 36.5 Å². The van der Waals surface area contributed by atoms with E-state index in [4.69, 9.17) is 4.74 Å². The van der Waals surface area contributed by atoms with Gasteiger partial charge in [0.25, 0.3) is 0 Å². The molecule has 1 unspecified atom stereocenters. The summed E-state index contributed by atoms with van der Waals surface area (Å²) in [4.78, 5) is 14.7. The van der Waals surface area contributed by atoms with E-state index >= 15 is 0 Å². The van der Waals surface area contributed by atoms with Crippen molar-refractivity contribution >= 4 is 5.97 Å². The molecular formula is C43H81NO2. The largest absolute Gasteiger partial charge is 0.459 e. The topological polar surface area (TPSA) is 29.5 Å². The summed E-state index contributed by atoms with van der Waals surface area (Å²) < 4.78 is 6.15. The van der Waals surface area contributed by atoms with Crippen molar-refractivity contribution in [3.63, 3.8) is 0 Å². The maximum atomic E-state index is 12.6. The summed E-state index contributed by atoms with van der Waals surface area (Å²) in [6.07, 6.45) is 50.4. The number of allylic oxidation sites excluding steroid dienone is 6. The average molecular weight is 644 g/mol. The van der Waals surface area contributed by atoms with Crippen LogP contribution in [-0.4, -0.2) is 37.1 Å². The standard InChI is InChI=1S/C43H81NO2/c1-6-8-10-12-14-16-18-20-22-24-26-28-30-32-34-36-39-43(3,46-42(45)38-41-44(4)5)40-37-35-33-31-29-27-25-23-21-19-17-15-13-11-9-7-2/h14,16,20-23H,6-13,15,17-19,24-41H2,1-5H3/b16-14-,22-20-,23-21-. The molecule has 0 heterocycles. The molecule has 3 nitrogen and oxygen atoms in total. The van der Waals surface area contributed by atoms with Crippen molar-refractivity contribution in [2.75, 3.05) is 20.6 Å². The third-order valence-electron chi connectivity index (χ3n) is 9.25. The van der Waals surface area contributed by atoms with E-state index in [0.29, 0.717) is 6.42 Å². The van der Waals surface area contributed by atoms with Crippen molar-refractivity contribution in [3.05, 3.63) is 36.5 Å². The van der Waals surface area contributed by atoms with Gasteiger partial charge in [0.15, 0.2) is 0 Å². The number of rotatable bonds is 35. The predicted octanol–water partition coefficient (Wildman–Crippen LogP) is 13.9. The first-order valence-corrected chi connectivity index (χ1v) is 20.2. The highest BCUT2D eigenvalue weighted by molar-refractivity contribution is 5.70. The summed E-state index contributed by atoms with van der Waals surface area (Å²) in [7, 11) is 4.03. The van der Waals surface area contributed by atoms with Gasteiger partial charge in [0.1, 0.15) is 5.60 Å². The maximum absolute atomic E-state index is 12.6. The zero-order chi connectivity index (χ0) is 33.8. The van der Waals surface area contributed by atoms with Crippen LogP contribution in [0.4, 0.5) is 0 Å².